The SMILES string of the molecule is CCCCCCCCCc1c(O)ccc2c1OS(=O)(=O)O2. The summed E-state index contributed by atoms with van der Waals surface area (Å²) in [7, 11) is -4.00. The number of phenols is 1. The fourth-order valence-electron chi connectivity index (χ4n) is 2.48. The van der Waals surface area contributed by atoms with Gasteiger partial charge in [-0.05, 0) is 25.0 Å². The van der Waals surface area contributed by atoms with Gasteiger partial charge < -0.3 is 13.5 Å². The third kappa shape index (κ3) is 4.27. The van der Waals surface area contributed by atoms with E-state index in [4.69, 9.17) is 8.37 Å². The summed E-state index contributed by atoms with van der Waals surface area (Å²) in [5.74, 6) is 0.354. The van der Waals surface area contributed by atoms with E-state index in [0.29, 0.717) is 12.0 Å². The van der Waals surface area contributed by atoms with Crippen LogP contribution in [0, 0.1) is 0 Å². The van der Waals surface area contributed by atoms with Gasteiger partial charge in [-0.25, -0.2) is 0 Å². The molecule has 21 heavy (non-hydrogen) atoms. The molecule has 5 nitrogen and oxygen atoms in total. The lowest BCUT2D eigenvalue weighted by Crippen LogP contribution is -2.08. The highest BCUT2D eigenvalue weighted by atomic mass is 32.3. The van der Waals surface area contributed by atoms with Crippen LogP contribution in [0.15, 0.2) is 12.1 Å². The summed E-state index contributed by atoms with van der Waals surface area (Å²) in [6.45, 7) is 2.19. The lowest BCUT2D eigenvalue weighted by atomic mass is 10.0. The molecule has 0 radical (unpaired) electrons. The number of rotatable bonds is 8. The van der Waals surface area contributed by atoms with Gasteiger partial charge in [-0.15, -0.1) is 8.42 Å². The fraction of sp³-hybridized carbons (Fsp3) is 0.600. The zero-order valence-electron chi connectivity index (χ0n) is 12.3. The average molecular weight is 314 g/mol. The number of hydrogen-bond donors (Lipinski definition) is 1. The molecule has 1 aliphatic rings. The van der Waals surface area contributed by atoms with E-state index in [2.05, 4.69) is 6.92 Å². The highest BCUT2D eigenvalue weighted by molar-refractivity contribution is 7.82. The van der Waals surface area contributed by atoms with Crippen molar-refractivity contribution < 1.29 is 21.9 Å². The van der Waals surface area contributed by atoms with E-state index < -0.39 is 10.4 Å². The number of hydrogen-bond acceptors (Lipinski definition) is 5. The standard InChI is InChI=1S/C15H22O5S/c1-2-3-4-5-6-7-8-9-12-13(16)10-11-14-15(12)20-21(17,18)19-14/h10-11,16H,2-9H2,1H3. The first kappa shape index (κ1) is 15.9. The van der Waals surface area contributed by atoms with Gasteiger partial charge in [0.15, 0.2) is 11.5 Å². The highest BCUT2D eigenvalue weighted by Gasteiger charge is 2.32. The Kier molecular flexibility index (Phi) is 5.33. The molecule has 1 aromatic carbocycles. The third-order valence-electron chi connectivity index (χ3n) is 3.61. The minimum atomic E-state index is -4.00. The van der Waals surface area contributed by atoms with Gasteiger partial charge in [-0.2, -0.15) is 0 Å². The Balaban J connectivity index is 1.88. The van der Waals surface area contributed by atoms with E-state index >= 15 is 0 Å². The van der Waals surface area contributed by atoms with Crippen molar-refractivity contribution in [3.05, 3.63) is 17.7 Å². The molecular formula is C15H22O5S. The second-order valence-electron chi connectivity index (χ2n) is 5.34. The molecule has 2 rings (SSSR count). The number of aromatic hydroxyl groups is 1. The van der Waals surface area contributed by atoms with Crippen molar-refractivity contribution in [2.24, 2.45) is 0 Å². The summed E-state index contributed by atoms with van der Waals surface area (Å²) in [4.78, 5) is 0. The summed E-state index contributed by atoms with van der Waals surface area (Å²) >= 11 is 0. The first-order valence-electron chi connectivity index (χ1n) is 7.52. The van der Waals surface area contributed by atoms with Crippen molar-refractivity contribution in [1.29, 1.82) is 0 Å². The maximum atomic E-state index is 11.3. The molecule has 0 bridgehead atoms. The highest BCUT2D eigenvalue weighted by Crippen LogP contribution is 2.43. The van der Waals surface area contributed by atoms with Gasteiger partial charge in [0, 0.05) is 5.56 Å². The smallest absolute Gasteiger partial charge is 0.501 e. The van der Waals surface area contributed by atoms with Gasteiger partial charge in [0.25, 0.3) is 0 Å². The number of unbranched alkanes of at least 4 members (excludes halogenated alkanes) is 6. The average Bonchev–Trinajstić information content (AvgIpc) is 2.74. The van der Waals surface area contributed by atoms with Crippen LogP contribution in [0.25, 0.3) is 0 Å². The summed E-state index contributed by atoms with van der Waals surface area (Å²) in [6, 6.07) is 2.85. The van der Waals surface area contributed by atoms with Crippen LogP contribution >= 0.6 is 0 Å². The topological polar surface area (TPSA) is 72.8 Å². The van der Waals surface area contributed by atoms with Crippen LogP contribution in [0.2, 0.25) is 0 Å². The van der Waals surface area contributed by atoms with E-state index in [1.165, 1.54) is 37.8 Å². The van der Waals surface area contributed by atoms with E-state index in [1.807, 2.05) is 0 Å². The second kappa shape index (κ2) is 7.02. The zero-order chi connectivity index (χ0) is 15.3. The Bertz CT molecular complexity index is 580. The molecule has 0 aliphatic carbocycles. The molecule has 0 atom stereocenters. The molecule has 0 unspecified atom stereocenters. The van der Waals surface area contributed by atoms with Gasteiger partial charge in [-0.1, -0.05) is 45.4 Å². The summed E-state index contributed by atoms with van der Waals surface area (Å²) in [5.41, 5.74) is 0.516. The number of phenolic OH excluding ortho intramolecular Hbond substituents is 1. The zero-order valence-corrected chi connectivity index (χ0v) is 13.1. The molecule has 1 N–H and O–H groups in total. The van der Waals surface area contributed by atoms with Crippen LogP contribution in [0.4, 0.5) is 0 Å². The summed E-state index contributed by atoms with van der Waals surface area (Å²) < 4.78 is 32.1. The van der Waals surface area contributed by atoms with Gasteiger partial charge in [0.05, 0.1) is 0 Å². The van der Waals surface area contributed by atoms with E-state index in [0.717, 1.165) is 19.3 Å². The van der Waals surface area contributed by atoms with Crippen molar-refractivity contribution in [2.45, 2.75) is 58.3 Å². The Morgan fingerprint density at radius 3 is 2.38 bits per heavy atom. The van der Waals surface area contributed by atoms with Crippen molar-refractivity contribution >= 4 is 10.4 Å². The van der Waals surface area contributed by atoms with Crippen LogP contribution in [-0.2, 0) is 16.8 Å². The molecule has 0 aromatic heterocycles. The van der Waals surface area contributed by atoms with E-state index in [1.54, 1.807) is 0 Å². The number of fused-ring (bicyclic) bond motifs is 1. The summed E-state index contributed by atoms with van der Waals surface area (Å²) in [6.07, 6.45) is 8.68. The van der Waals surface area contributed by atoms with Gasteiger partial charge in [-0.3, -0.25) is 0 Å². The molecular weight excluding hydrogens is 292 g/mol. The predicted octanol–water partition coefficient (Wildman–Crippen LogP) is 3.70. The Labute approximate surface area is 126 Å². The van der Waals surface area contributed by atoms with Crippen molar-refractivity contribution in [3.8, 4) is 17.2 Å². The van der Waals surface area contributed by atoms with Crippen LogP contribution in [0.5, 0.6) is 17.2 Å². The molecule has 6 heteroatoms. The van der Waals surface area contributed by atoms with Gasteiger partial charge in [0.1, 0.15) is 5.75 Å². The first-order chi connectivity index (χ1) is 10.0. The van der Waals surface area contributed by atoms with Crippen LogP contribution in [0.1, 0.15) is 57.4 Å². The maximum absolute atomic E-state index is 11.3. The van der Waals surface area contributed by atoms with Crippen LogP contribution < -0.4 is 8.37 Å². The lowest BCUT2D eigenvalue weighted by molar-refractivity contribution is 0.433. The predicted molar refractivity (Wildman–Crippen MR) is 80.0 cm³/mol. The summed E-state index contributed by atoms with van der Waals surface area (Å²) in [5, 5.41) is 9.89. The molecule has 1 heterocycles. The third-order valence-corrected chi connectivity index (χ3v) is 4.36. The Morgan fingerprint density at radius 2 is 1.67 bits per heavy atom. The second-order valence-corrected chi connectivity index (χ2v) is 6.49. The van der Waals surface area contributed by atoms with Crippen LogP contribution in [-0.4, -0.2) is 13.5 Å². The lowest BCUT2D eigenvalue weighted by Gasteiger charge is -2.07. The molecule has 0 saturated heterocycles. The molecule has 0 amide bonds. The van der Waals surface area contributed by atoms with Gasteiger partial charge in [0.2, 0.25) is 0 Å². The largest absolute Gasteiger partial charge is 0.508 e. The fourth-order valence-corrected chi connectivity index (χ4v) is 3.25. The normalized spacial score (nSPS) is 15.3. The molecule has 0 spiro atoms. The van der Waals surface area contributed by atoms with Crippen molar-refractivity contribution in [1.82, 2.24) is 0 Å². The monoisotopic (exact) mass is 314 g/mol. The van der Waals surface area contributed by atoms with E-state index in [9.17, 15) is 13.5 Å². The molecule has 1 aromatic rings. The van der Waals surface area contributed by atoms with E-state index in [-0.39, 0.29) is 17.2 Å². The molecule has 0 fully saturated rings. The Hall–Kier alpha value is -1.43. The minimum Gasteiger partial charge on any atom is -0.508 e. The first-order valence-corrected chi connectivity index (χ1v) is 8.85. The van der Waals surface area contributed by atoms with Crippen molar-refractivity contribution in [2.75, 3.05) is 0 Å². The minimum absolute atomic E-state index is 0.0560. The quantitative estimate of drug-likeness (QED) is 0.741. The Morgan fingerprint density at radius 1 is 1.00 bits per heavy atom. The van der Waals surface area contributed by atoms with Gasteiger partial charge >= 0.3 is 10.4 Å². The number of benzene rings is 1. The van der Waals surface area contributed by atoms with Crippen LogP contribution in [0.3, 0.4) is 0 Å². The maximum Gasteiger partial charge on any atom is 0.501 e. The molecule has 0 saturated carbocycles. The molecule has 1 aliphatic heterocycles. The molecule has 118 valence electrons. The van der Waals surface area contributed by atoms with Crippen molar-refractivity contribution in [3.63, 3.8) is 0 Å².